The Hall–Kier alpha value is 0.766. The molecule has 0 N–H and O–H groups in total. The molecule has 1 heteroatoms. The van der Waals surface area contributed by atoms with Gasteiger partial charge in [-0.05, 0) is 5.92 Å². The first kappa shape index (κ1) is 10.7. The van der Waals surface area contributed by atoms with Crippen LogP contribution in [0.25, 0.3) is 0 Å². The fourth-order valence-electron chi connectivity index (χ4n) is 0.289. The van der Waals surface area contributed by atoms with Gasteiger partial charge in [0.25, 0.3) is 0 Å². The lowest BCUT2D eigenvalue weighted by Gasteiger charge is -1.98. The first-order valence-electron chi connectivity index (χ1n) is 2.81. The highest BCUT2D eigenvalue weighted by atomic mass is 24.3. The van der Waals surface area contributed by atoms with E-state index in [0.29, 0.717) is 0 Å². The molecule has 0 saturated heterocycles. The Balaban J connectivity index is 0. The standard InChI is InChI=1S/C6H14.Mg/c1-4-6(3)5-2;/h6H,4-5H2,1-3H3;. The summed E-state index contributed by atoms with van der Waals surface area (Å²) < 4.78 is 0. The van der Waals surface area contributed by atoms with E-state index < -0.39 is 0 Å². The van der Waals surface area contributed by atoms with Gasteiger partial charge in [0.2, 0.25) is 0 Å². The van der Waals surface area contributed by atoms with Crippen molar-refractivity contribution in [3.05, 3.63) is 0 Å². The fraction of sp³-hybridized carbons (Fsp3) is 1.00. The number of hydrogen-bond donors (Lipinski definition) is 0. The van der Waals surface area contributed by atoms with Gasteiger partial charge >= 0.3 is 0 Å². The van der Waals surface area contributed by atoms with Gasteiger partial charge in [-0.15, -0.1) is 0 Å². The summed E-state index contributed by atoms with van der Waals surface area (Å²) in [4.78, 5) is 0. The van der Waals surface area contributed by atoms with Gasteiger partial charge in [-0.25, -0.2) is 0 Å². The molecule has 0 aliphatic heterocycles. The molecule has 0 aromatic rings. The van der Waals surface area contributed by atoms with E-state index in [9.17, 15) is 0 Å². The van der Waals surface area contributed by atoms with Gasteiger partial charge in [-0.2, -0.15) is 0 Å². The average molecular weight is 110 g/mol. The van der Waals surface area contributed by atoms with Gasteiger partial charge in [0, 0.05) is 23.1 Å². The molecule has 0 amide bonds. The van der Waals surface area contributed by atoms with E-state index in [2.05, 4.69) is 20.8 Å². The summed E-state index contributed by atoms with van der Waals surface area (Å²) in [6.45, 7) is 6.74. The second-order valence-electron chi connectivity index (χ2n) is 1.92. The fourth-order valence-corrected chi connectivity index (χ4v) is 0.289. The van der Waals surface area contributed by atoms with Gasteiger partial charge in [0.1, 0.15) is 0 Å². The maximum Gasteiger partial charge on any atom is 0 e. The van der Waals surface area contributed by atoms with Crippen LogP contribution in [-0.4, -0.2) is 23.1 Å². The van der Waals surface area contributed by atoms with E-state index in [1.165, 1.54) is 12.8 Å². The Morgan fingerprint density at radius 2 is 1.43 bits per heavy atom. The molecule has 0 rings (SSSR count). The quantitative estimate of drug-likeness (QED) is 0.478. The van der Waals surface area contributed by atoms with Crippen molar-refractivity contribution in [2.75, 3.05) is 0 Å². The molecule has 0 bridgehead atoms. The maximum absolute atomic E-state index is 2.28. The Morgan fingerprint density at radius 3 is 1.43 bits per heavy atom. The van der Waals surface area contributed by atoms with Crippen molar-refractivity contribution in [3.8, 4) is 0 Å². The molecule has 0 spiro atoms. The van der Waals surface area contributed by atoms with Crippen LogP contribution in [0.5, 0.6) is 0 Å². The third-order valence-electron chi connectivity index (χ3n) is 1.39. The third-order valence-corrected chi connectivity index (χ3v) is 1.39. The molecule has 40 valence electrons. The molecule has 0 heterocycles. The van der Waals surface area contributed by atoms with Gasteiger partial charge in [0.05, 0.1) is 0 Å². The van der Waals surface area contributed by atoms with Crippen molar-refractivity contribution in [3.63, 3.8) is 0 Å². The van der Waals surface area contributed by atoms with E-state index in [1.54, 1.807) is 0 Å². The highest BCUT2D eigenvalue weighted by molar-refractivity contribution is 5.75. The van der Waals surface area contributed by atoms with Crippen LogP contribution in [0.1, 0.15) is 33.6 Å². The molecule has 7 heavy (non-hydrogen) atoms. The summed E-state index contributed by atoms with van der Waals surface area (Å²) in [5.74, 6) is 0.935. The molecule has 0 aliphatic carbocycles. The molecular formula is C6H14Mg. The van der Waals surface area contributed by atoms with E-state index in [-0.39, 0.29) is 23.1 Å². The minimum absolute atomic E-state index is 0. The van der Waals surface area contributed by atoms with Crippen LogP contribution >= 0.6 is 0 Å². The Kier molecular flexibility index (Phi) is 10.3. The SMILES string of the molecule is CCC(C)CC.[Mg]. The molecule has 0 fully saturated rings. The van der Waals surface area contributed by atoms with Crippen LogP contribution in [0.4, 0.5) is 0 Å². The van der Waals surface area contributed by atoms with E-state index in [1.807, 2.05) is 0 Å². The first-order valence-corrected chi connectivity index (χ1v) is 2.81. The zero-order valence-electron chi connectivity index (χ0n) is 5.70. The van der Waals surface area contributed by atoms with Crippen molar-refractivity contribution in [2.45, 2.75) is 33.6 Å². The van der Waals surface area contributed by atoms with Crippen LogP contribution in [-0.2, 0) is 0 Å². The summed E-state index contributed by atoms with van der Waals surface area (Å²) in [7, 11) is 0. The molecular weight excluding hydrogens is 96.4 g/mol. The summed E-state index contributed by atoms with van der Waals surface area (Å²) >= 11 is 0. The molecule has 0 atom stereocenters. The maximum atomic E-state index is 2.28. The van der Waals surface area contributed by atoms with Crippen LogP contribution in [0.15, 0.2) is 0 Å². The van der Waals surface area contributed by atoms with Crippen LogP contribution in [0.3, 0.4) is 0 Å². The third kappa shape index (κ3) is 6.77. The first-order chi connectivity index (χ1) is 2.81. The Bertz CT molecular complexity index is 23.4. The van der Waals surface area contributed by atoms with Gasteiger partial charge in [0.15, 0.2) is 0 Å². The highest BCUT2D eigenvalue weighted by Gasteiger charge is 1.88. The topological polar surface area (TPSA) is 0 Å². The highest BCUT2D eigenvalue weighted by Crippen LogP contribution is 2.02. The molecule has 2 radical (unpaired) electrons. The van der Waals surface area contributed by atoms with Crippen molar-refractivity contribution in [1.82, 2.24) is 0 Å². The van der Waals surface area contributed by atoms with Gasteiger partial charge in [-0.1, -0.05) is 33.6 Å². The summed E-state index contributed by atoms with van der Waals surface area (Å²) in [5.41, 5.74) is 0. The lowest BCUT2D eigenvalue weighted by Crippen LogP contribution is -1.85. The number of hydrogen-bond acceptors (Lipinski definition) is 0. The summed E-state index contributed by atoms with van der Waals surface area (Å²) in [6, 6.07) is 0. The van der Waals surface area contributed by atoms with Crippen molar-refractivity contribution < 1.29 is 0 Å². The van der Waals surface area contributed by atoms with E-state index >= 15 is 0 Å². The normalized spacial score (nSPS) is 8.57. The Morgan fingerprint density at radius 1 is 1.14 bits per heavy atom. The minimum Gasteiger partial charge on any atom is -0.0651 e. The average Bonchev–Trinajstić information content (AvgIpc) is 1.65. The zero-order valence-corrected chi connectivity index (χ0v) is 7.11. The lowest BCUT2D eigenvalue weighted by atomic mass is 10.1. The largest absolute Gasteiger partial charge is 0.0651 e. The zero-order chi connectivity index (χ0) is 4.99. The minimum atomic E-state index is 0. The van der Waals surface area contributed by atoms with E-state index in [0.717, 1.165) is 5.92 Å². The van der Waals surface area contributed by atoms with E-state index in [4.69, 9.17) is 0 Å². The summed E-state index contributed by atoms with van der Waals surface area (Å²) in [5, 5.41) is 0. The molecule has 0 nitrogen and oxygen atoms in total. The lowest BCUT2D eigenvalue weighted by molar-refractivity contribution is 0.544. The molecule has 0 unspecified atom stereocenters. The predicted octanol–water partition coefficient (Wildman–Crippen LogP) is 2.06. The molecule has 0 aliphatic rings. The summed E-state index contributed by atoms with van der Waals surface area (Å²) in [6.07, 6.45) is 2.66. The van der Waals surface area contributed by atoms with Crippen LogP contribution < -0.4 is 0 Å². The van der Waals surface area contributed by atoms with Crippen molar-refractivity contribution in [2.24, 2.45) is 5.92 Å². The smallest absolute Gasteiger partial charge is 0 e. The predicted molar refractivity (Wildman–Crippen MR) is 35.5 cm³/mol. The molecule has 0 aromatic carbocycles. The van der Waals surface area contributed by atoms with Crippen molar-refractivity contribution >= 4 is 23.1 Å². The molecule has 0 saturated carbocycles. The second-order valence-corrected chi connectivity index (χ2v) is 1.92. The van der Waals surface area contributed by atoms with Gasteiger partial charge < -0.3 is 0 Å². The number of rotatable bonds is 2. The monoisotopic (exact) mass is 110 g/mol. The second kappa shape index (κ2) is 6.77. The van der Waals surface area contributed by atoms with Gasteiger partial charge in [-0.3, -0.25) is 0 Å². The molecule has 0 aromatic heterocycles. The van der Waals surface area contributed by atoms with Crippen LogP contribution in [0, 0.1) is 5.92 Å². The van der Waals surface area contributed by atoms with Crippen molar-refractivity contribution in [1.29, 1.82) is 0 Å². The van der Waals surface area contributed by atoms with Crippen LogP contribution in [0.2, 0.25) is 0 Å². The Labute approximate surface area is 62.8 Å².